The number of carbonyl (C=O) groups excluding carboxylic acids is 1. The molecule has 0 aliphatic rings. The Bertz CT molecular complexity index is 469. The first kappa shape index (κ1) is 15.3. The van der Waals surface area contributed by atoms with E-state index in [2.05, 4.69) is 4.74 Å². The number of carbonyl (C=O) groups is 1. The highest BCUT2D eigenvalue weighted by atomic mass is 19.4. The van der Waals surface area contributed by atoms with Gasteiger partial charge in [0.1, 0.15) is 0 Å². The van der Waals surface area contributed by atoms with E-state index in [9.17, 15) is 35.5 Å². The van der Waals surface area contributed by atoms with E-state index in [0.717, 1.165) is 0 Å². The van der Waals surface area contributed by atoms with Crippen LogP contribution < -0.4 is 0 Å². The van der Waals surface area contributed by atoms with Gasteiger partial charge in [-0.3, -0.25) is 0 Å². The Morgan fingerprint density at radius 3 is 1.95 bits per heavy atom. The lowest BCUT2D eigenvalue weighted by atomic mass is 10.1. The Balaban J connectivity index is 2.77. The maximum atomic E-state index is 13.1. The number of hydrogen-bond donors (Lipinski definition) is 0. The minimum absolute atomic E-state index is 0.0457. The zero-order valence-corrected chi connectivity index (χ0v) is 8.95. The monoisotopic (exact) mass is 290 g/mol. The van der Waals surface area contributed by atoms with Crippen LogP contribution in [-0.4, -0.2) is 18.8 Å². The molecule has 9 heteroatoms. The fraction of sp³-hybridized carbons (Fsp3) is 0.300. The summed E-state index contributed by atoms with van der Waals surface area (Å²) in [4.78, 5) is 10.3. The molecule has 0 fully saturated rings. The van der Waals surface area contributed by atoms with E-state index < -0.39 is 54.0 Å². The van der Waals surface area contributed by atoms with Crippen LogP contribution in [0.5, 0.6) is 0 Å². The predicted octanol–water partition coefficient (Wildman–Crippen LogP) is 2.89. The summed E-state index contributed by atoms with van der Waals surface area (Å²) in [7, 11) is 0. The molecule has 0 aliphatic carbocycles. The molecule has 0 unspecified atom stereocenters. The van der Waals surface area contributed by atoms with Gasteiger partial charge in [-0.15, -0.1) is 0 Å². The van der Waals surface area contributed by atoms with Crippen molar-refractivity contribution in [3.63, 3.8) is 0 Å². The second kappa shape index (κ2) is 5.45. The third-order valence-corrected chi connectivity index (χ3v) is 2.02. The van der Waals surface area contributed by atoms with Gasteiger partial charge in [-0.05, 0) is 0 Å². The highest BCUT2D eigenvalue weighted by Gasteiger charge is 2.40. The molecule has 0 bridgehead atoms. The Morgan fingerprint density at radius 2 is 1.53 bits per heavy atom. The number of hydrogen-bond acceptors (Lipinski definition) is 2. The first-order valence-corrected chi connectivity index (χ1v) is 4.70. The van der Waals surface area contributed by atoms with Crippen LogP contribution in [0.1, 0.15) is 5.56 Å². The third kappa shape index (κ3) is 3.58. The largest absolute Gasteiger partial charge is 0.490 e. The van der Waals surface area contributed by atoms with Gasteiger partial charge in [0.15, 0.2) is 23.3 Å². The highest BCUT2D eigenvalue weighted by Crippen LogP contribution is 2.21. The van der Waals surface area contributed by atoms with Crippen LogP contribution in [0.3, 0.4) is 0 Å². The summed E-state index contributed by atoms with van der Waals surface area (Å²) < 4.78 is 90.4. The van der Waals surface area contributed by atoms with Gasteiger partial charge in [0.05, 0.1) is 6.61 Å². The molecule has 0 spiro atoms. The summed E-state index contributed by atoms with van der Waals surface area (Å²) in [6.07, 6.45) is -6.20. The fourth-order valence-corrected chi connectivity index (χ4v) is 1.17. The lowest BCUT2D eigenvalue weighted by Crippen LogP contribution is -2.26. The molecule has 0 heterocycles. The van der Waals surface area contributed by atoms with Crippen LogP contribution in [0.2, 0.25) is 0 Å². The Morgan fingerprint density at radius 1 is 1.05 bits per heavy atom. The van der Waals surface area contributed by atoms with Crippen molar-refractivity contribution in [1.82, 2.24) is 0 Å². The van der Waals surface area contributed by atoms with Gasteiger partial charge < -0.3 is 4.74 Å². The maximum Gasteiger partial charge on any atom is 0.490 e. The second-order valence-electron chi connectivity index (χ2n) is 3.33. The van der Waals surface area contributed by atoms with Gasteiger partial charge >= 0.3 is 12.1 Å². The molecule has 2 nitrogen and oxygen atoms in total. The summed E-state index contributed by atoms with van der Waals surface area (Å²) in [5.74, 6) is -9.46. The van der Waals surface area contributed by atoms with Crippen molar-refractivity contribution in [3.8, 4) is 0 Å². The Labute approximate surface area is 101 Å². The van der Waals surface area contributed by atoms with Crippen LogP contribution in [-0.2, 0) is 16.0 Å². The molecular weight excluding hydrogens is 285 g/mol. The van der Waals surface area contributed by atoms with Crippen LogP contribution in [0.15, 0.2) is 6.07 Å². The van der Waals surface area contributed by atoms with Crippen molar-refractivity contribution in [2.45, 2.75) is 12.6 Å². The molecule has 0 radical (unpaired) electrons. The van der Waals surface area contributed by atoms with Crippen LogP contribution in [0.4, 0.5) is 30.7 Å². The average molecular weight is 290 g/mol. The van der Waals surface area contributed by atoms with E-state index >= 15 is 0 Å². The van der Waals surface area contributed by atoms with E-state index in [-0.39, 0.29) is 6.07 Å². The number of alkyl halides is 3. The standard InChI is InChI=1S/C10H5F7O2/c11-5-3-6(12)8(14)4(7(5)13)1-2-19-9(18)10(15,16)17/h3H,1-2H2. The van der Waals surface area contributed by atoms with E-state index in [1.165, 1.54) is 0 Å². The van der Waals surface area contributed by atoms with E-state index in [1.807, 2.05) is 0 Å². The molecule has 0 N–H and O–H groups in total. The number of halogens is 7. The molecule has 0 atom stereocenters. The summed E-state index contributed by atoms with van der Waals surface area (Å²) in [6, 6.07) is -0.0457. The van der Waals surface area contributed by atoms with E-state index in [4.69, 9.17) is 0 Å². The molecule has 19 heavy (non-hydrogen) atoms. The summed E-state index contributed by atoms with van der Waals surface area (Å²) >= 11 is 0. The SMILES string of the molecule is O=C(OCCc1c(F)c(F)cc(F)c1F)C(F)(F)F. The van der Waals surface area contributed by atoms with Crippen molar-refractivity contribution < 1.29 is 40.3 Å². The normalized spacial score (nSPS) is 11.5. The summed E-state index contributed by atoms with van der Waals surface area (Å²) in [5, 5.41) is 0. The molecule has 0 amide bonds. The topological polar surface area (TPSA) is 26.3 Å². The molecule has 0 saturated heterocycles. The first-order valence-electron chi connectivity index (χ1n) is 4.70. The van der Waals surface area contributed by atoms with Crippen molar-refractivity contribution in [3.05, 3.63) is 34.9 Å². The number of benzene rings is 1. The molecule has 0 aliphatic heterocycles. The lowest BCUT2D eigenvalue weighted by molar-refractivity contribution is -0.199. The van der Waals surface area contributed by atoms with Gasteiger partial charge in [0, 0.05) is 18.1 Å². The van der Waals surface area contributed by atoms with Crippen LogP contribution in [0, 0.1) is 23.3 Å². The smallest absolute Gasteiger partial charge is 0.459 e. The molecule has 0 aromatic heterocycles. The summed E-state index contributed by atoms with van der Waals surface area (Å²) in [6.45, 7) is -1.07. The molecule has 106 valence electrons. The van der Waals surface area contributed by atoms with Gasteiger partial charge in [0.2, 0.25) is 0 Å². The molecular formula is C10H5F7O2. The van der Waals surface area contributed by atoms with Gasteiger partial charge in [-0.25, -0.2) is 22.4 Å². The zero-order valence-electron chi connectivity index (χ0n) is 8.95. The highest BCUT2D eigenvalue weighted by molar-refractivity contribution is 5.75. The first-order chi connectivity index (χ1) is 8.64. The van der Waals surface area contributed by atoms with Gasteiger partial charge in [0.25, 0.3) is 0 Å². The summed E-state index contributed by atoms with van der Waals surface area (Å²) in [5.41, 5.74) is -1.13. The van der Waals surface area contributed by atoms with Gasteiger partial charge in [-0.1, -0.05) is 0 Å². The average Bonchev–Trinajstić information content (AvgIpc) is 2.29. The van der Waals surface area contributed by atoms with Crippen LogP contribution in [0.25, 0.3) is 0 Å². The quantitative estimate of drug-likeness (QED) is 0.486. The van der Waals surface area contributed by atoms with Crippen molar-refractivity contribution >= 4 is 5.97 Å². The number of rotatable bonds is 3. The van der Waals surface area contributed by atoms with Gasteiger partial charge in [-0.2, -0.15) is 13.2 Å². The molecule has 1 rings (SSSR count). The third-order valence-electron chi connectivity index (χ3n) is 2.02. The van der Waals surface area contributed by atoms with Crippen molar-refractivity contribution in [2.24, 2.45) is 0 Å². The van der Waals surface area contributed by atoms with E-state index in [1.54, 1.807) is 0 Å². The zero-order chi connectivity index (χ0) is 14.8. The van der Waals surface area contributed by atoms with E-state index in [0.29, 0.717) is 0 Å². The predicted molar refractivity (Wildman–Crippen MR) is 47.0 cm³/mol. The molecule has 1 aromatic rings. The minimum Gasteiger partial charge on any atom is -0.459 e. The van der Waals surface area contributed by atoms with Crippen molar-refractivity contribution in [1.29, 1.82) is 0 Å². The van der Waals surface area contributed by atoms with Crippen molar-refractivity contribution in [2.75, 3.05) is 6.61 Å². The number of esters is 1. The lowest BCUT2D eigenvalue weighted by Gasteiger charge is -2.09. The second-order valence-corrected chi connectivity index (χ2v) is 3.33. The molecule has 1 aromatic carbocycles. The van der Waals surface area contributed by atoms with Crippen LogP contribution >= 0.6 is 0 Å². The Hall–Kier alpha value is -1.80. The number of ether oxygens (including phenoxy) is 1. The minimum atomic E-state index is -5.26. The fourth-order valence-electron chi connectivity index (χ4n) is 1.17. The maximum absolute atomic E-state index is 13.1. The Kier molecular flexibility index (Phi) is 4.38. The molecule has 0 saturated carbocycles.